The Morgan fingerprint density at radius 1 is 1.08 bits per heavy atom. The van der Waals surface area contributed by atoms with Gasteiger partial charge in [-0.1, -0.05) is 66.5 Å². The third-order valence-corrected chi connectivity index (χ3v) is 7.30. The van der Waals surface area contributed by atoms with Crippen LogP contribution in [-0.4, -0.2) is 41.0 Å². The van der Waals surface area contributed by atoms with Gasteiger partial charge in [0.15, 0.2) is 5.13 Å². The number of amides is 1. The number of hydrogen-bond acceptors (Lipinski definition) is 8. The smallest absolute Gasteiger partial charge is 0.350 e. The predicted octanol–water partition coefficient (Wildman–Crippen LogP) is 5.60. The van der Waals surface area contributed by atoms with Gasteiger partial charge in [-0.05, 0) is 50.1 Å². The first kappa shape index (κ1) is 27.5. The number of carbonyl (C=O) groups is 3. The normalized spacial score (nSPS) is 16.3. The van der Waals surface area contributed by atoms with Gasteiger partial charge in [0.2, 0.25) is 0 Å². The quantitative estimate of drug-likeness (QED) is 0.123. The van der Waals surface area contributed by atoms with E-state index in [4.69, 9.17) is 9.47 Å². The zero-order chi connectivity index (χ0) is 28.3. The number of esters is 1. The zero-order valence-electron chi connectivity index (χ0n) is 21.9. The van der Waals surface area contributed by atoms with Gasteiger partial charge in [-0.3, -0.25) is 14.5 Å². The van der Waals surface area contributed by atoms with Crippen molar-refractivity contribution in [2.75, 3.05) is 18.1 Å². The Morgan fingerprint density at radius 2 is 1.77 bits per heavy atom. The van der Waals surface area contributed by atoms with E-state index in [1.54, 1.807) is 50.3 Å². The van der Waals surface area contributed by atoms with E-state index in [1.807, 2.05) is 19.1 Å². The lowest BCUT2D eigenvalue weighted by molar-refractivity contribution is -0.132. The molecule has 1 aromatic heterocycles. The monoisotopic (exact) mass is 544 g/mol. The number of aliphatic hydroxyl groups is 1. The lowest BCUT2D eigenvalue weighted by Crippen LogP contribution is -2.29. The van der Waals surface area contributed by atoms with Gasteiger partial charge in [0.05, 0.1) is 17.3 Å². The first-order valence-corrected chi connectivity index (χ1v) is 13.0. The minimum Gasteiger partial charge on any atom is -0.507 e. The van der Waals surface area contributed by atoms with E-state index in [0.717, 1.165) is 16.9 Å². The molecule has 1 aliphatic heterocycles. The lowest BCUT2D eigenvalue weighted by Gasteiger charge is -2.23. The summed E-state index contributed by atoms with van der Waals surface area (Å²) in [6, 6.07) is 11.4. The molecule has 0 saturated carbocycles. The Kier molecular flexibility index (Phi) is 8.11. The fourth-order valence-electron chi connectivity index (χ4n) is 4.26. The van der Waals surface area contributed by atoms with Crippen molar-refractivity contribution in [3.8, 4) is 5.75 Å². The minimum atomic E-state index is -0.968. The summed E-state index contributed by atoms with van der Waals surface area (Å²) in [7, 11) is 0. The third-order valence-electron chi connectivity index (χ3n) is 6.17. The van der Waals surface area contributed by atoms with E-state index in [1.165, 1.54) is 11.0 Å². The second-order valence-corrected chi connectivity index (χ2v) is 9.93. The van der Waals surface area contributed by atoms with Gasteiger partial charge in [-0.15, -0.1) is 0 Å². The van der Waals surface area contributed by atoms with Gasteiger partial charge < -0.3 is 14.6 Å². The van der Waals surface area contributed by atoms with Gasteiger partial charge in [-0.25, -0.2) is 9.78 Å². The SMILES string of the molecule is C=CCOC(=O)c1sc(N2C(=O)C(=O)C(=C(O)c3ccc(OCC=C)cc3C)C2c2ccc(C)cc2)nc1C. The molecule has 0 radical (unpaired) electrons. The molecule has 8 nitrogen and oxygen atoms in total. The van der Waals surface area contributed by atoms with Gasteiger partial charge in [0.1, 0.15) is 29.6 Å². The summed E-state index contributed by atoms with van der Waals surface area (Å²) in [4.78, 5) is 45.4. The number of nitrogens with zero attached hydrogens (tertiary/aromatic N) is 2. The molecule has 0 bridgehead atoms. The largest absolute Gasteiger partial charge is 0.507 e. The summed E-state index contributed by atoms with van der Waals surface area (Å²) in [6.07, 6.45) is 3.07. The van der Waals surface area contributed by atoms with Crippen molar-refractivity contribution in [2.45, 2.75) is 26.8 Å². The van der Waals surface area contributed by atoms with Gasteiger partial charge >= 0.3 is 11.9 Å². The number of benzene rings is 2. The number of anilines is 1. The molecule has 0 spiro atoms. The standard InChI is InChI=1S/C30H28N2O6S/c1-6-14-37-21-12-13-22(18(4)16-21)25(33)23-24(20-10-8-17(3)9-11-20)32(28(35)26(23)34)30-31-19(5)27(39-30)29(36)38-15-7-2/h6-13,16,24,33H,1-2,14-15H2,3-5H3. The van der Waals surface area contributed by atoms with E-state index < -0.39 is 23.7 Å². The number of carbonyl (C=O) groups excluding carboxylic acids is 3. The van der Waals surface area contributed by atoms with Crippen molar-refractivity contribution >= 4 is 39.9 Å². The molecule has 3 aromatic rings. The zero-order valence-corrected chi connectivity index (χ0v) is 22.7. The molecule has 1 saturated heterocycles. The summed E-state index contributed by atoms with van der Waals surface area (Å²) >= 11 is 0.949. The highest BCUT2D eigenvalue weighted by molar-refractivity contribution is 7.17. The molecule has 4 rings (SSSR count). The lowest BCUT2D eigenvalue weighted by atomic mass is 9.93. The average Bonchev–Trinajstić information content (AvgIpc) is 3.42. The number of hydrogen-bond donors (Lipinski definition) is 1. The molecule has 1 fully saturated rings. The molecule has 0 aliphatic carbocycles. The molecule has 9 heteroatoms. The van der Waals surface area contributed by atoms with E-state index in [-0.39, 0.29) is 27.9 Å². The number of ether oxygens (including phenoxy) is 2. The van der Waals surface area contributed by atoms with Crippen molar-refractivity contribution in [3.63, 3.8) is 0 Å². The molecular formula is C30H28N2O6S. The van der Waals surface area contributed by atoms with Crippen LogP contribution in [0.3, 0.4) is 0 Å². The van der Waals surface area contributed by atoms with Crippen molar-refractivity contribution in [1.82, 2.24) is 4.98 Å². The fraction of sp³-hybridized carbons (Fsp3) is 0.200. The van der Waals surface area contributed by atoms with Crippen LogP contribution < -0.4 is 9.64 Å². The van der Waals surface area contributed by atoms with Gasteiger partial charge in [0, 0.05) is 5.56 Å². The highest BCUT2D eigenvalue weighted by Crippen LogP contribution is 2.44. The van der Waals surface area contributed by atoms with Crippen LogP contribution in [0.4, 0.5) is 5.13 Å². The molecule has 1 N–H and O–H groups in total. The first-order chi connectivity index (χ1) is 18.7. The van der Waals surface area contributed by atoms with Crippen LogP contribution in [0.2, 0.25) is 0 Å². The fourth-order valence-corrected chi connectivity index (χ4v) is 5.25. The highest BCUT2D eigenvalue weighted by Gasteiger charge is 2.48. The molecule has 1 aliphatic rings. The van der Waals surface area contributed by atoms with Crippen LogP contribution in [-0.2, 0) is 14.3 Å². The number of aliphatic hydroxyl groups excluding tert-OH is 1. The van der Waals surface area contributed by atoms with E-state index in [2.05, 4.69) is 18.1 Å². The minimum absolute atomic E-state index is 0.0240. The van der Waals surface area contributed by atoms with Crippen molar-refractivity contribution < 1.29 is 29.0 Å². The predicted molar refractivity (Wildman–Crippen MR) is 150 cm³/mol. The summed E-state index contributed by atoms with van der Waals surface area (Å²) in [6.45, 7) is 12.8. The Balaban J connectivity index is 1.86. The van der Waals surface area contributed by atoms with E-state index in [9.17, 15) is 19.5 Å². The molecule has 1 atom stereocenters. The van der Waals surface area contributed by atoms with Gasteiger partial charge in [0.25, 0.3) is 5.78 Å². The number of aryl methyl sites for hydroxylation is 3. The molecular weight excluding hydrogens is 516 g/mol. The second-order valence-electron chi connectivity index (χ2n) is 8.95. The first-order valence-electron chi connectivity index (χ1n) is 12.2. The summed E-state index contributed by atoms with van der Waals surface area (Å²) in [5, 5.41) is 11.6. The summed E-state index contributed by atoms with van der Waals surface area (Å²) in [5.41, 5.74) is 2.92. The Labute approximate surface area is 230 Å². The Hall–Kier alpha value is -4.50. The van der Waals surface area contributed by atoms with Crippen LogP contribution in [0, 0.1) is 20.8 Å². The summed E-state index contributed by atoms with van der Waals surface area (Å²) < 4.78 is 10.7. The number of thiazole rings is 1. The third kappa shape index (κ3) is 5.39. The van der Waals surface area contributed by atoms with Crippen LogP contribution in [0.5, 0.6) is 5.75 Å². The number of ketones is 1. The van der Waals surface area contributed by atoms with Crippen LogP contribution >= 0.6 is 11.3 Å². The van der Waals surface area contributed by atoms with Crippen molar-refractivity contribution in [3.05, 3.63) is 106 Å². The molecule has 2 aromatic carbocycles. The van der Waals surface area contributed by atoms with Crippen LogP contribution in [0.25, 0.3) is 5.76 Å². The van der Waals surface area contributed by atoms with Crippen molar-refractivity contribution in [1.29, 1.82) is 0 Å². The van der Waals surface area contributed by atoms with E-state index in [0.29, 0.717) is 34.7 Å². The molecule has 39 heavy (non-hydrogen) atoms. The number of rotatable bonds is 9. The number of aromatic nitrogens is 1. The topological polar surface area (TPSA) is 106 Å². The van der Waals surface area contributed by atoms with Crippen LogP contribution in [0.15, 0.2) is 73.3 Å². The molecule has 2 heterocycles. The van der Waals surface area contributed by atoms with E-state index >= 15 is 0 Å². The van der Waals surface area contributed by atoms with Gasteiger partial charge in [-0.2, -0.15) is 0 Å². The summed E-state index contributed by atoms with van der Waals surface area (Å²) in [5.74, 6) is -2.05. The molecule has 1 unspecified atom stereocenters. The molecule has 1 amide bonds. The Bertz CT molecular complexity index is 1500. The van der Waals surface area contributed by atoms with Crippen LogP contribution in [0.1, 0.15) is 43.7 Å². The average molecular weight is 545 g/mol. The maximum Gasteiger partial charge on any atom is 0.350 e. The molecule has 200 valence electrons. The second kappa shape index (κ2) is 11.5. The maximum absolute atomic E-state index is 13.5. The number of Topliss-reactive ketones (excluding diaryl/α,β-unsaturated/α-hetero) is 1. The highest BCUT2D eigenvalue weighted by atomic mass is 32.1. The van der Waals surface area contributed by atoms with Crippen molar-refractivity contribution in [2.24, 2.45) is 0 Å². The maximum atomic E-state index is 13.5. The Morgan fingerprint density at radius 3 is 2.41 bits per heavy atom.